The second-order valence-electron chi connectivity index (χ2n) is 2.56. The van der Waals surface area contributed by atoms with Crippen molar-refractivity contribution in [3.63, 3.8) is 0 Å². The molecule has 1 aromatic rings. The third kappa shape index (κ3) is 2.42. The highest BCUT2D eigenvalue weighted by Gasteiger charge is 2.11. The molecule has 72 valence electrons. The predicted molar refractivity (Wildman–Crippen MR) is 55.4 cm³/mol. The lowest BCUT2D eigenvalue weighted by Gasteiger charge is -2.11. The minimum atomic E-state index is 0.0653. The van der Waals surface area contributed by atoms with Crippen LogP contribution < -0.4 is 4.90 Å². The van der Waals surface area contributed by atoms with Gasteiger partial charge in [-0.3, -0.25) is 9.69 Å². The Morgan fingerprint density at radius 2 is 2.46 bits per heavy atom. The first-order chi connectivity index (χ1) is 6.19. The first-order valence-corrected chi connectivity index (χ1v) is 5.37. The Kier molecular flexibility index (Phi) is 3.69. The highest BCUT2D eigenvalue weighted by molar-refractivity contribution is 7.14. The van der Waals surface area contributed by atoms with E-state index in [-0.39, 0.29) is 5.91 Å². The van der Waals surface area contributed by atoms with Crippen molar-refractivity contribution in [1.29, 1.82) is 0 Å². The third-order valence-electron chi connectivity index (χ3n) is 1.64. The molecule has 3 nitrogen and oxygen atoms in total. The van der Waals surface area contributed by atoms with Crippen LogP contribution >= 0.6 is 22.9 Å². The molecule has 1 rings (SSSR count). The Morgan fingerprint density at radius 3 is 2.92 bits per heavy atom. The number of aromatic nitrogens is 1. The molecule has 0 aliphatic heterocycles. The fourth-order valence-electron chi connectivity index (χ4n) is 0.856. The first kappa shape index (κ1) is 10.5. The van der Waals surface area contributed by atoms with Crippen LogP contribution in [0.4, 0.5) is 5.13 Å². The number of hydrogen-bond donors (Lipinski definition) is 0. The molecule has 13 heavy (non-hydrogen) atoms. The number of anilines is 1. The van der Waals surface area contributed by atoms with Gasteiger partial charge in [0.2, 0.25) is 5.91 Å². The summed E-state index contributed by atoms with van der Waals surface area (Å²) in [5.74, 6) is 0.459. The van der Waals surface area contributed by atoms with Crippen LogP contribution in [-0.2, 0) is 10.7 Å². The van der Waals surface area contributed by atoms with Crippen LogP contribution in [0.15, 0.2) is 5.38 Å². The van der Waals surface area contributed by atoms with Gasteiger partial charge in [0, 0.05) is 18.8 Å². The Morgan fingerprint density at radius 1 is 1.77 bits per heavy atom. The van der Waals surface area contributed by atoms with Gasteiger partial charge >= 0.3 is 0 Å². The normalized spacial score (nSPS) is 10.1. The highest BCUT2D eigenvalue weighted by atomic mass is 35.5. The molecule has 0 aliphatic carbocycles. The predicted octanol–water partition coefficient (Wildman–Crippen LogP) is 2.25. The van der Waals surface area contributed by atoms with Crippen molar-refractivity contribution < 1.29 is 4.79 Å². The summed E-state index contributed by atoms with van der Waals surface area (Å²) in [6.07, 6.45) is 0.492. The van der Waals surface area contributed by atoms with E-state index in [2.05, 4.69) is 4.98 Å². The zero-order valence-electron chi connectivity index (χ0n) is 7.58. The van der Waals surface area contributed by atoms with Crippen molar-refractivity contribution >= 4 is 34.0 Å². The highest BCUT2D eigenvalue weighted by Crippen LogP contribution is 2.20. The van der Waals surface area contributed by atoms with Gasteiger partial charge in [0.05, 0.1) is 11.6 Å². The molecule has 0 aromatic carbocycles. The van der Waals surface area contributed by atoms with Crippen LogP contribution in [0.3, 0.4) is 0 Å². The lowest BCUT2D eigenvalue weighted by molar-refractivity contribution is -0.118. The Balaban J connectivity index is 2.76. The van der Waals surface area contributed by atoms with Crippen molar-refractivity contribution in [2.75, 3.05) is 11.9 Å². The average Bonchev–Trinajstić information content (AvgIpc) is 2.63. The number of nitrogens with zero attached hydrogens (tertiary/aromatic N) is 2. The lowest BCUT2D eigenvalue weighted by Crippen LogP contribution is -2.24. The summed E-state index contributed by atoms with van der Waals surface area (Å²) >= 11 is 7.03. The number of carbonyl (C=O) groups excluding carboxylic acids is 1. The molecule has 0 atom stereocenters. The average molecular weight is 219 g/mol. The molecule has 5 heteroatoms. The molecule has 0 saturated carbocycles. The van der Waals surface area contributed by atoms with E-state index in [1.165, 1.54) is 11.3 Å². The number of alkyl halides is 1. The van der Waals surface area contributed by atoms with Gasteiger partial charge in [-0.15, -0.1) is 22.9 Å². The second kappa shape index (κ2) is 4.58. The SMILES string of the molecule is CCC(=O)N(C)c1nc(CCl)cs1. The van der Waals surface area contributed by atoms with Gasteiger partial charge in [0.25, 0.3) is 0 Å². The maximum atomic E-state index is 11.3. The summed E-state index contributed by atoms with van der Waals surface area (Å²) in [4.78, 5) is 17.0. The zero-order valence-corrected chi connectivity index (χ0v) is 9.15. The number of amides is 1. The molecule has 1 amide bonds. The van der Waals surface area contributed by atoms with Crippen molar-refractivity contribution in [2.24, 2.45) is 0 Å². The molecule has 0 fully saturated rings. The minimum Gasteiger partial charge on any atom is -0.291 e. The standard InChI is InChI=1S/C8H11ClN2OS/c1-3-7(12)11(2)8-10-6(4-9)5-13-8/h5H,3-4H2,1-2H3. The van der Waals surface area contributed by atoms with Crippen molar-refractivity contribution in [3.05, 3.63) is 11.1 Å². The summed E-state index contributed by atoms with van der Waals surface area (Å²) in [5.41, 5.74) is 0.817. The molecule has 1 aromatic heterocycles. The number of hydrogen-bond acceptors (Lipinski definition) is 3. The monoisotopic (exact) mass is 218 g/mol. The van der Waals surface area contributed by atoms with Gasteiger partial charge < -0.3 is 0 Å². The molecule has 0 spiro atoms. The van der Waals surface area contributed by atoms with E-state index in [0.29, 0.717) is 17.4 Å². The van der Waals surface area contributed by atoms with E-state index in [1.54, 1.807) is 11.9 Å². The van der Waals surface area contributed by atoms with Crippen LogP contribution in [0.2, 0.25) is 0 Å². The Bertz CT molecular complexity index is 300. The van der Waals surface area contributed by atoms with Crippen LogP contribution in [-0.4, -0.2) is 17.9 Å². The Labute approximate surface area is 86.3 Å². The van der Waals surface area contributed by atoms with Crippen molar-refractivity contribution in [3.8, 4) is 0 Å². The van der Waals surface area contributed by atoms with Crippen molar-refractivity contribution in [2.45, 2.75) is 19.2 Å². The number of thiazole rings is 1. The minimum absolute atomic E-state index is 0.0653. The summed E-state index contributed by atoms with van der Waals surface area (Å²) in [7, 11) is 1.72. The molecule has 1 heterocycles. The molecule has 0 unspecified atom stereocenters. The topological polar surface area (TPSA) is 33.2 Å². The Hall–Kier alpha value is -0.610. The van der Waals surface area contributed by atoms with E-state index >= 15 is 0 Å². The van der Waals surface area contributed by atoms with Gasteiger partial charge in [0.15, 0.2) is 5.13 Å². The van der Waals surface area contributed by atoms with Crippen LogP contribution in [0.1, 0.15) is 19.0 Å². The molecule has 0 N–H and O–H groups in total. The van der Waals surface area contributed by atoms with Crippen molar-refractivity contribution in [1.82, 2.24) is 4.98 Å². The summed E-state index contributed by atoms with van der Waals surface area (Å²) in [6, 6.07) is 0. The summed E-state index contributed by atoms with van der Waals surface area (Å²) < 4.78 is 0. The van der Waals surface area contributed by atoms with Crippen LogP contribution in [0.5, 0.6) is 0 Å². The molecular formula is C8H11ClN2OS. The first-order valence-electron chi connectivity index (χ1n) is 3.96. The van der Waals surface area contributed by atoms with Gasteiger partial charge in [-0.25, -0.2) is 4.98 Å². The van der Waals surface area contributed by atoms with E-state index < -0.39 is 0 Å². The van der Waals surface area contributed by atoms with Gasteiger partial charge in [-0.1, -0.05) is 6.92 Å². The van der Waals surface area contributed by atoms with E-state index in [0.717, 1.165) is 5.69 Å². The van der Waals surface area contributed by atoms with Gasteiger partial charge in [-0.2, -0.15) is 0 Å². The third-order valence-corrected chi connectivity index (χ3v) is 2.88. The van der Waals surface area contributed by atoms with Crippen LogP contribution in [0, 0.1) is 0 Å². The van der Waals surface area contributed by atoms with Gasteiger partial charge in [0.1, 0.15) is 0 Å². The van der Waals surface area contributed by atoms with E-state index in [4.69, 9.17) is 11.6 Å². The fraction of sp³-hybridized carbons (Fsp3) is 0.500. The largest absolute Gasteiger partial charge is 0.291 e. The summed E-state index contributed by atoms with van der Waals surface area (Å²) in [5, 5.41) is 2.57. The summed E-state index contributed by atoms with van der Waals surface area (Å²) in [6.45, 7) is 1.83. The molecular weight excluding hydrogens is 208 g/mol. The van der Waals surface area contributed by atoms with E-state index in [9.17, 15) is 4.79 Å². The lowest BCUT2D eigenvalue weighted by atomic mass is 10.4. The molecule has 0 saturated heterocycles. The molecule has 0 aliphatic rings. The molecule has 0 radical (unpaired) electrons. The zero-order chi connectivity index (χ0) is 9.84. The smallest absolute Gasteiger partial charge is 0.228 e. The quantitative estimate of drug-likeness (QED) is 0.730. The maximum absolute atomic E-state index is 11.3. The van der Waals surface area contributed by atoms with E-state index in [1.807, 2.05) is 12.3 Å². The maximum Gasteiger partial charge on any atom is 0.228 e. The second-order valence-corrected chi connectivity index (χ2v) is 3.67. The van der Waals surface area contributed by atoms with Gasteiger partial charge in [-0.05, 0) is 0 Å². The van der Waals surface area contributed by atoms with Crippen LogP contribution in [0.25, 0.3) is 0 Å². The number of rotatable bonds is 3. The fourth-order valence-corrected chi connectivity index (χ4v) is 1.89. The molecule has 0 bridgehead atoms. The number of halogens is 1. The number of carbonyl (C=O) groups is 1.